The smallest absolute Gasteiger partial charge is 0.354 e. The first kappa shape index (κ1) is 15.5. The van der Waals surface area contributed by atoms with E-state index in [2.05, 4.69) is 20.0 Å². The van der Waals surface area contributed by atoms with Crippen molar-refractivity contribution in [1.29, 1.82) is 0 Å². The second-order valence-electron chi connectivity index (χ2n) is 6.21. The number of rotatable bonds is 5. The molecule has 2 N–H and O–H groups in total. The lowest BCUT2D eigenvalue weighted by Crippen LogP contribution is -2.42. The number of H-pyrrole nitrogens is 1. The highest BCUT2D eigenvalue weighted by molar-refractivity contribution is 5.86. The minimum absolute atomic E-state index is 0.218. The summed E-state index contributed by atoms with van der Waals surface area (Å²) in [6, 6.07) is 0. The highest BCUT2D eigenvalue weighted by Crippen LogP contribution is 2.21. The first-order valence-electron chi connectivity index (χ1n) is 8.00. The van der Waals surface area contributed by atoms with E-state index in [1.165, 1.54) is 19.4 Å². The monoisotopic (exact) mass is 308 g/mol. The summed E-state index contributed by atoms with van der Waals surface area (Å²) in [5, 5.41) is 15.5. The van der Waals surface area contributed by atoms with Crippen molar-refractivity contribution in [3.05, 3.63) is 17.5 Å². The van der Waals surface area contributed by atoms with Crippen molar-refractivity contribution < 1.29 is 14.6 Å². The molecule has 7 heteroatoms. The van der Waals surface area contributed by atoms with Gasteiger partial charge >= 0.3 is 5.97 Å². The number of nitrogens with one attached hydrogen (secondary N) is 1. The van der Waals surface area contributed by atoms with Gasteiger partial charge in [-0.05, 0) is 31.8 Å². The van der Waals surface area contributed by atoms with Gasteiger partial charge in [0.25, 0.3) is 0 Å². The Morgan fingerprint density at radius 1 is 1.27 bits per heavy atom. The highest BCUT2D eigenvalue weighted by atomic mass is 16.5. The molecule has 0 aromatic carbocycles. The topological polar surface area (TPSA) is 81.7 Å². The van der Waals surface area contributed by atoms with Crippen LogP contribution >= 0.6 is 0 Å². The predicted octanol–water partition coefficient (Wildman–Crippen LogP) is 0.652. The van der Waals surface area contributed by atoms with Crippen LogP contribution in [0.4, 0.5) is 0 Å². The number of carboxylic acid groups (broad SMARTS) is 1. The Morgan fingerprint density at radius 2 is 2.00 bits per heavy atom. The lowest BCUT2D eigenvalue weighted by molar-refractivity contribution is 0.0242. The number of nitrogens with zero attached hydrogens (tertiary/aromatic N) is 3. The van der Waals surface area contributed by atoms with Gasteiger partial charge in [-0.15, -0.1) is 0 Å². The van der Waals surface area contributed by atoms with Crippen molar-refractivity contribution in [2.45, 2.75) is 19.4 Å². The Hall–Kier alpha value is -1.44. The Balaban J connectivity index is 1.45. The van der Waals surface area contributed by atoms with E-state index < -0.39 is 5.97 Å². The first-order chi connectivity index (χ1) is 10.7. The lowest BCUT2D eigenvalue weighted by Gasteiger charge is -2.36. The van der Waals surface area contributed by atoms with Crippen molar-refractivity contribution in [3.8, 4) is 0 Å². The molecule has 0 aliphatic carbocycles. The number of morpholine rings is 1. The van der Waals surface area contributed by atoms with E-state index in [9.17, 15) is 4.79 Å². The molecular formula is C15H24N4O3. The van der Waals surface area contributed by atoms with Gasteiger partial charge in [-0.1, -0.05) is 0 Å². The van der Waals surface area contributed by atoms with E-state index in [1.807, 2.05) is 0 Å². The number of piperidine rings is 1. The first-order valence-corrected chi connectivity index (χ1v) is 8.00. The Bertz CT molecular complexity index is 491. The zero-order valence-electron chi connectivity index (χ0n) is 12.8. The summed E-state index contributed by atoms with van der Waals surface area (Å²) in [5.41, 5.74) is 0.995. The number of ether oxygens (including phenoxy) is 1. The minimum Gasteiger partial charge on any atom is -0.477 e. The Kier molecular flexibility index (Phi) is 5.07. The van der Waals surface area contributed by atoms with E-state index in [4.69, 9.17) is 9.84 Å². The zero-order valence-corrected chi connectivity index (χ0v) is 12.8. The standard InChI is InChI=1S/C15H24N4O3/c20-15(21)14-13(9-16-17-14)11-18-3-1-12(2-4-18)10-19-5-7-22-8-6-19/h9,12H,1-8,10-11H2,(H,16,17)(H,20,21). The van der Waals surface area contributed by atoms with Crippen LogP contribution in [0, 0.1) is 5.92 Å². The number of aromatic nitrogens is 2. The molecule has 0 amide bonds. The Morgan fingerprint density at radius 3 is 2.68 bits per heavy atom. The molecular weight excluding hydrogens is 284 g/mol. The normalized spacial score (nSPS) is 22.0. The Labute approximate surface area is 130 Å². The molecule has 2 aliphatic heterocycles. The average Bonchev–Trinajstić information content (AvgIpc) is 2.99. The largest absolute Gasteiger partial charge is 0.477 e. The number of aromatic amines is 1. The van der Waals surface area contributed by atoms with E-state index in [1.54, 1.807) is 6.20 Å². The van der Waals surface area contributed by atoms with Crippen LogP contribution in [0.1, 0.15) is 28.9 Å². The van der Waals surface area contributed by atoms with Crippen molar-refractivity contribution in [1.82, 2.24) is 20.0 Å². The molecule has 2 aliphatic rings. The predicted molar refractivity (Wildman–Crippen MR) is 80.8 cm³/mol. The van der Waals surface area contributed by atoms with Crippen LogP contribution in [0.25, 0.3) is 0 Å². The summed E-state index contributed by atoms with van der Waals surface area (Å²) >= 11 is 0. The van der Waals surface area contributed by atoms with Crippen molar-refractivity contribution in [2.24, 2.45) is 5.92 Å². The second kappa shape index (κ2) is 7.21. The van der Waals surface area contributed by atoms with E-state index in [0.717, 1.165) is 50.9 Å². The maximum absolute atomic E-state index is 11.1. The fourth-order valence-corrected chi connectivity index (χ4v) is 3.33. The third kappa shape index (κ3) is 3.85. The van der Waals surface area contributed by atoms with Crippen LogP contribution < -0.4 is 0 Å². The number of aromatic carboxylic acids is 1. The minimum atomic E-state index is -0.935. The van der Waals surface area contributed by atoms with Crippen LogP contribution in [0.3, 0.4) is 0 Å². The van der Waals surface area contributed by atoms with Gasteiger partial charge in [-0.3, -0.25) is 14.9 Å². The second-order valence-corrected chi connectivity index (χ2v) is 6.21. The average molecular weight is 308 g/mol. The van der Waals surface area contributed by atoms with Crippen molar-refractivity contribution >= 4 is 5.97 Å². The van der Waals surface area contributed by atoms with Gasteiger partial charge < -0.3 is 9.84 Å². The molecule has 2 fully saturated rings. The summed E-state index contributed by atoms with van der Waals surface area (Å²) in [4.78, 5) is 15.9. The van der Waals surface area contributed by atoms with Gasteiger partial charge in [-0.25, -0.2) is 4.79 Å². The van der Waals surface area contributed by atoms with Crippen LogP contribution in [0.15, 0.2) is 6.20 Å². The third-order valence-corrected chi connectivity index (χ3v) is 4.65. The number of carboxylic acids is 1. The quantitative estimate of drug-likeness (QED) is 0.831. The molecule has 22 heavy (non-hydrogen) atoms. The van der Waals surface area contributed by atoms with Gasteiger partial charge in [0.05, 0.1) is 19.4 Å². The van der Waals surface area contributed by atoms with Crippen LogP contribution in [-0.2, 0) is 11.3 Å². The number of likely N-dealkylation sites (tertiary alicyclic amines) is 1. The molecule has 0 atom stereocenters. The fourth-order valence-electron chi connectivity index (χ4n) is 3.33. The molecule has 0 spiro atoms. The summed E-state index contributed by atoms with van der Waals surface area (Å²) in [6.45, 7) is 7.72. The van der Waals surface area contributed by atoms with Crippen molar-refractivity contribution in [2.75, 3.05) is 45.9 Å². The maximum Gasteiger partial charge on any atom is 0.354 e. The van der Waals surface area contributed by atoms with Gasteiger partial charge in [0.15, 0.2) is 0 Å². The number of carbonyl (C=O) groups is 1. The van der Waals surface area contributed by atoms with Crippen LogP contribution in [-0.4, -0.2) is 77.0 Å². The van der Waals surface area contributed by atoms with Gasteiger partial charge in [0.1, 0.15) is 5.69 Å². The molecule has 3 rings (SSSR count). The summed E-state index contributed by atoms with van der Waals surface area (Å²) in [6.07, 6.45) is 3.98. The zero-order chi connectivity index (χ0) is 15.4. The SMILES string of the molecule is O=C(O)c1[nH]ncc1CN1CCC(CN2CCOCC2)CC1. The van der Waals surface area contributed by atoms with Gasteiger partial charge in [0.2, 0.25) is 0 Å². The van der Waals surface area contributed by atoms with E-state index in [0.29, 0.717) is 6.54 Å². The molecule has 1 aromatic rings. The molecule has 7 nitrogen and oxygen atoms in total. The summed E-state index contributed by atoms with van der Waals surface area (Å²) < 4.78 is 5.39. The highest BCUT2D eigenvalue weighted by Gasteiger charge is 2.23. The van der Waals surface area contributed by atoms with Gasteiger partial charge in [0, 0.05) is 31.7 Å². The molecule has 122 valence electrons. The van der Waals surface area contributed by atoms with Crippen molar-refractivity contribution in [3.63, 3.8) is 0 Å². The molecule has 0 radical (unpaired) electrons. The van der Waals surface area contributed by atoms with E-state index >= 15 is 0 Å². The third-order valence-electron chi connectivity index (χ3n) is 4.65. The summed E-state index contributed by atoms with van der Waals surface area (Å²) in [5.74, 6) is -0.188. The molecule has 2 saturated heterocycles. The van der Waals surface area contributed by atoms with Crippen LogP contribution in [0.2, 0.25) is 0 Å². The molecule has 0 saturated carbocycles. The molecule has 0 bridgehead atoms. The summed E-state index contributed by atoms with van der Waals surface area (Å²) in [7, 11) is 0. The number of hydrogen-bond donors (Lipinski definition) is 2. The number of hydrogen-bond acceptors (Lipinski definition) is 5. The fraction of sp³-hybridized carbons (Fsp3) is 0.733. The van der Waals surface area contributed by atoms with Gasteiger partial charge in [-0.2, -0.15) is 5.10 Å². The maximum atomic E-state index is 11.1. The van der Waals surface area contributed by atoms with E-state index in [-0.39, 0.29) is 5.69 Å². The molecule has 1 aromatic heterocycles. The molecule has 0 unspecified atom stereocenters. The lowest BCUT2D eigenvalue weighted by atomic mass is 9.95. The molecule has 3 heterocycles. The van der Waals surface area contributed by atoms with Crippen LogP contribution in [0.5, 0.6) is 0 Å².